The third-order valence-electron chi connectivity index (χ3n) is 3.12. The zero-order valence-corrected chi connectivity index (χ0v) is 14.5. The molecule has 0 spiro atoms. The van der Waals surface area contributed by atoms with Gasteiger partial charge < -0.3 is 14.2 Å². The van der Waals surface area contributed by atoms with Gasteiger partial charge in [0.15, 0.2) is 0 Å². The molecule has 0 aromatic heterocycles. The third-order valence-corrected chi connectivity index (χ3v) is 3.12. The lowest BCUT2D eigenvalue weighted by atomic mass is 10.0. The van der Waals surface area contributed by atoms with Gasteiger partial charge in [-0.25, -0.2) is 4.79 Å². The van der Waals surface area contributed by atoms with Gasteiger partial charge in [0.05, 0.1) is 24.4 Å². The fourth-order valence-electron chi connectivity index (χ4n) is 1.57. The van der Waals surface area contributed by atoms with Crippen molar-refractivity contribution in [3.63, 3.8) is 0 Å². The van der Waals surface area contributed by atoms with E-state index in [1.54, 1.807) is 0 Å². The Kier molecular flexibility index (Phi) is 8.83. The molecule has 21 heavy (non-hydrogen) atoms. The molecule has 0 bridgehead atoms. The highest BCUT2D eigenvalue weighted by Gasteiger charge is 2.23. The molecule has 124 valence electrons. The highest BCUT2D eigenvalue weighted by atomic mass is 16.5. The van der Waals surface area contributed by atoms with Crippen molar-refractivity contribution in [2.45, 2.75) is 65.6 Å². The summed E-state index contributed by atoms with van der Waals surface area (Å²) >= 11 is 0. The van der Waals surface area contributed by atoms with Crippen molar-refractivity contribution in [1.82, 2.24) is 0 Å². The minimum atomic E-state index is -0.394. The van der Waals surface area contributed by atoms with E-state index in [0.29, 0.717) is 25.6 Å². The zero-order chi connectivity index (χ0) is 16.5. The average Bonchev–Trinajstić information content (AvgIpc) is 2.35. The summed E-state index contributed by atoms with van der Waals surface area (Å²) in [5.41, 5.74) is -0.509. The second kappa shape index (κ2) is 9.21. The van der Waals surface area contributed by atoms with Gasteiger partial charge in [-0.15, -0.1) is 0 Å². The Morgan fingerprint density at radius 3 is 2.10 bits per heavy atom. The van der Waals surface area contributed by atoms with Crippen LogP contribution in [0, 0.1) is 5.92 Å². The Balaban J connectivity index is 3.96. The zero-order valence-electron chi connectivity index (χ0n) is 14.5. The number of hydrogen-bond acceptors (Lipinski definition) is 4. The Hall–Kier alpha value is -0.870. The highest BCUT2D eigenvalue weighted by Crippen LogP contribution is 2.20. The minimum Gasteiger partial charge on any atom is -0.462 e. The standard InChI is InChI=1S/C17H32O4/c1-8-15(18)19-11-9-16(4,5)20-12-10-17(6,7)21-13-14(2)3/h8,14H,1,9-13H2,2-7H3. The predicted octanol–water partition coefficient (Wildman–Crippen LogP) is 3.74. The Bertz CT molecular complexity index is 319. The smallest absolute Gasteiger partial charge is 0.330 e. The van der Waals surface area contributed by atoms with Gasteiger partial charge in [0.25, 0.3) is 0 Å². The number of hydrogen-bond donors (Lipinski definition) is 0. The van der Waals surface area contributed by atoms with Crippen LogP contribution in [0.2, 0.25) is 0 Å². The molecule has 0 aliphatic rings. The number of carbonyl (C=O) groups is 1. The van der Waals surface area contributed by atoms with Crippen LogP contribution in [-0.4, -0.2) is 37.0 Å². The summed E-state index contributed by atoms with van der Waals surface area (Å²) in [5, 5.41) is 0. The Morgan fingerprint density at radius 1 is 1.05 bits per heavy atom. The fraction of sp³-hybridized carbons (Fsp3) is 0.824. The van der Waals surface area contributed by atoms with Crippen LogP contribution >= 0.6 is 0 Å². The molecule has 0 rings (SSSR count). The molecule has 0 unspecified atom stereocenters. The molecule has 0 fully saturated rings. The van der Waals surface area contributed by atoms with Crippen molar-refractivity contribution in [1.29, 1.82) is 0 Å². The summed E-state index contributed by atoms with van der Waals surface area (Å²) in [5.74, 6) is 0.134. The third kappa shape index (κ3) is 11.5. The molecule has 0 aromatic rings. The van der Waals surface area contributed by atoms with E-state index in [9.17, 15) is 4.79 Å². The van der Waals surface area contributed by atoms with Gasteiger partial charge in [0.1, 0.15) is 0 Å². The van der Waals surface area contributed by atoms with Crippen LogP contribution in [-0.2, 0) is 19.0 Å². The summed E-state index contributed by atoms with van der Waals surface area (Å²) < 4.78 is 16.7. The van der Waals surface area contributed by atoms with Crippen molar-refractivity contribution in [2.24, 2.45) is 5.92 Å². The molecule has 0 N–H and O–H groups in total. The van der Waals surface area contributed by atoms with Gasteiger partial charge in [0.2, 0.25) is 0 Å². The van der Waals surface area contributed by atoms with E-state index in [-0.39, 0.29) is 11.2 Å². The first-order valence-electron chi connectivity index (χ1n) is 7.65. The lowest BCUT2D eigenvalue weighted by molar-refractivity contribution is -0.140. The fourth-order valence-corrected chi connectivity index (χ4v) is 1.57. The van der Waals surface area contributed by atoms with E-state index in [2.05, 4.69) is 34.3 Å². The van der Waals surface area contributed by atoms with Crippen molar-refractivity contribution in [3.05, 3.63) is 12.7 Å². The predicted molar refractivity (Wildman–Crippen MR) is 85.3 cm³/mol. The molecular formula is C17H32O4. The molecule has 0 radical (unpaired) electrons. The second-order valence-electron chi connectivity index (χ2n) is 6.94. The van der Waals surface area contributed by atoms with Crippen LogP contribution in [0.5, 0.6) is 0 Å². The quantitative estimate of drug-likeness (QED) is 0.431. The summed E-state index contributed by atoms with van der Waals surface area (Å²) in [7, 11) is 0. The second-order valence-corrected chi connectivity index (χ2v) is 6.94. The lowest BCUT2D eigenvalue weighted by Gasteiger charge is -2.30. The van der Waals surface area contributed by atoms with E-state index < -0.39 is 5.97 Å². The first-order chi connectivity index (χ1) is 9.58. The molecule has 0 amide bonds. The Morgan fingerprint density at radius 2 is 1.57 bits per heavy atom. The summed E-state index contributed by atoms with van der Waals surface area (Å²) in [6.45, 7) is 17.5. The van der Waals surface area contributed by atoms with Gasteiger partial charge in [-0.05, 0) is 40.0 Å². The van der Waals surface area contributed by atoms with Gasteiger partial charge in [-0.3, -0.25) is 0 Å². The van der Waals surface area contributed by atoms with E-state index >= 15 is 0 Å². The SMILES string of the molecule is C=CC(=O)OCCC(C)(C)OCCC(C)(C)OCC(C)C. The molecule has 0 aliphatic heterocycles. The van der Waals surface area contributed by atoms with Gasteiger partial charge >= 0.3 is 5.97 Å². The number of ether oxygens (including phenoxy) is 3. The van der Waals surface area contributed by atoms with Crippen molar-refractivity contribution >= 4 is 5.97 Å². The van der Waals surface area contributed by atoms with Crippen LogP contribution in [0.1, 0.15) is 54.4 Å². The molecule has 4 heteroatoms. The molecule has 0 atom stereocenters. The monoisotopic (exact) mass is 300 g/mol. The van der Waals surface area contributed by atoms with Crippen LogP contribution in [0.25, 0.3) is 0 Å². The van der Waals surface area contributed by atoms with E-state index in [1.807, 2.05) is 13.8 Å². The van der Waals surface area contributed by atoms with Crippen LogP contribution in [0.15, 0.2) is 12.7 Å². The molecule has 4 nitrogen and oxygen atoms in total. The maximum absolute atomic E-state index is 11.0. The summed E-state index contributed by atoms with van der Waals surface area (Å²) in [6.07, 6.45) is 2.65. The molecule has 0 aromatic carbocycles. The maximum Gasteiger partial charge on any atom is 0.330 e. The molecule has 0 aliphatic carbocycles. The van der Waals surface area contributed by atoms with Crippen LogP contribution < -0.4 is 0 Å². The summed E-state index contributed by atoms with van der Waals surface area (Å²) in [4.78, 5) is 11.0. The van der Waals surface area contributed by atoms with Crippen LogP contribution in [0.3, 0.4) is 0 Å². The van der Waals surface area contributed by atoms with Crippen molar-refractivity contribution in [3.8, 4) is 0 Å². The molecule has 0 saturated carbocycles. The Labute approximate surface area is 129 Å². The topological polar surface area (TPSA) is 44.8 Å². The van der Waals surface area contributed by atoms with Gasteiger partial charge in [-0.2, -0.15) is 0 Å². The van der Waals surface area contributed by atoms with Crippen LogP contribution in [0.4, 0.5) is 0 Å². The summed E-state index contributed by atoms with van der Waals surface area (Å²) in [6, 6.07) is 0. The van der Waals surface area contributed by atoms with E-state index in [4.69, 9.17) is 14.2 Å². The average molecular weight is 300 g/mol. The molecule has 0 saturated heterocycles. The largest absolute Gasteiger partial charge is 0.462 e. The first-order valence-corrected chi connectivity index (χ1v) is 7.65. The van der Waals surface area contributed by atoms with Crippen molar-refractivity contribution in [2.75, 3.05) is 19.8 Å². The van der Waals surface area contributed by atoms with E-state index in [1.165, 1.54) is 6.08 Å². The van der Waals surface area contributed by atoms with Crippen molar-refractivity contribution < 1.29 is 19.0 Å². The first kappa shape index (κ1) is 20.1. The van der Waals surface area contributed by atoms with E-state index in [0.717, 1.165) is 13.0 Å². The minimum absolute atomic E-state index is 0.185. The van der Waals surface area contributed by atoms with Gasteiger partial charge in [0, 0.05) is 19.1 Å². The van der Waals surface area contributed by atoms with Gasteiger partial charge in [-0.1, -0.05) is 20.4 Å². The number of esters is 1. The number of carbonyl (C=O) groups excluding carboxylic acids is 1. The molecule has 0 heterocycles. The molecular weight excluding hydrogens is 268 g/mol. The normalized spacial score (nSPS) is 12.5. The lowest BCUT2D eigenvalue weighted by Crippen LogP contribution is -2.32. The highest BCUT2D eigenvalue weighted by molar-refractivity contribution is 5.81. The number of rotatable bonds is 11. The maximum atomic E-state index is 11.0.